The second kappa shape index (κ2) is 10.9. The SMILES string of the molecule is Cc1cc(C)n(-c2nc3c(c(=O)n2-c2ccc(N4CCNCC4)nc2)C[C@@H](C)N(C(=O)c2ccc(Br)c(C)c2)C3)n1. The molecule has 10 nitrogen and oxygen atoms in total. The maximum atomic E-state index is 14.2. The first kappa shape index (κ1) is 27.3. The number of nitrogens with zero attached hydrogens (tertiary/aromatic N) is 7. The zero-order valence-electron chi connectivity index (χ0n) is 23.7. The first-order chi connectivity index (χ1) is 19.7. The van der Waals surface area contributed by atoms with E-state index in [1.165, 1.54) is 0 Å². The van der Waals surface area contributed by atoms with Crippen LogP contribution in [0.2, 0.25) is 0 Å². The van der Waals surface area contributed by atoms with Crippen molar-refractivity contribution >= 4 is 27.7 Å². The Morgan fingerprint density at radius 2 is 1.85 bits per heavy atom. The summed E-state index contributed by atoms with van der Waals surface area (Å²) in [5.41, 5.74) is 4.97. The summed E-state index contributed by atoms with van der Waals surface area (Å²) in [5, 5.41) is 8.02. The molecule has 1 aromatic carbocycles. The fourth-order valence-corrected chi connectivity index (χ4v) is 5.91. The van der Waals surface area contributed by atoms with Crippen LogP contribution in [0.1, 0.15) is 45.5 Å². The molecule has 0 aliphatic carbocycles. The van der Waals surface area contributed by atoms with Gasteiger partial charge in [0.1, 0.15) is 5.82 Å². The minimum atomic E-state index is -0.172. The maximum Gasteiger partial charge on any atom is 0.263 e. The number of carbonyl (C=O) groups is 1. The van der Waals surface area contributed by atoms with Crippen LogP contribution in [-0.2, 0) is 13.0 Å². The van der Waals surface area contributed by atoms with Crippen molar-refractivity contribution in [2.45, 2.75) is 46.7 Å². The van der Waals surface area contributed by atoms with Gasteiger partial charge < -0.3 is 15.1 Å². The van der Waals surface area contributed by atoms with E-state index in [-0.39, 0.29) is 24.1 Å². The molecule has 4 aromatic rings. The Kier molecular flexibility index (Phi) is 7.25. The number of rotatable bonds is 4. The zero-order chi connectivity index (χ0) is 28.8. The lowest BCUT2D eigenvalue weighted by atomic mass is 9.98. The van der Waals surface area contributed by atoms with Crippen LogP contribution in [0.15, 0.2) is 51.9 Å². The second-order valence-electron chi connectivity index (χ2n) is 10.9. The molecule has 1 saturated heterocycles. The normalized spacial score (nSPS) is 17.0. The van der Waals surface area contributed by atoms with Gasteiger partial charge in [0, 0.05) is 53.5 Å². The first-order valence-corrected chi connectivity index (χ1v) is 14.7. The molecule has 2 aliphatic rings. The number of nitrogens with one attached hydrogen (secondary N) is 1. The second-order valence-corrected chi connectivity index (χ2v) is 11.7. The molecule has 0 spiro atoms. The lowest BCUT2D eigenvalue weighted by Gasteiger charge is -2.34. The fraction of sp³-hybridized carbons (Fsp3) is 0.367. The van der Waals surface area contributed by atoms with Crippen molar-refractivity contribution in [2.75, 3.05) is 31.1 Å². The molecule has 2 aliphatic heterocycles. The lowest BCUT2D eigenvalue weighted by Crippen LogP contribution is -2.46. The molecule has 0 bridgehead atoms. The van der Waals surface area contributed by atoms with Gasteiger partial charge in [-0.05, 0) is 76.1 Å². The number of anilines is 1. The number of benzene rings is 1. The average molecular weight is 618 g/mol. The van der Waals surface area contributed by atoms with Crippen LogP contribution in [0.5, 0.6) is 0 Å². The predicted octanol–water partition coefficient (Wildman–Crippen LogP) is 3.50. The fourth-order valence-electron chi connectivity index (χ4n) is 5.66. The van der Waals surface area contributed by atoms with E-state index < -0.39 is 0 Å². The van der Waals surface area contributed by atoms with Crippen LogP contribution < -0.4 is 15.8 Å². The monoisotopic (exact) mass is 616 g/mol. The Hall–Kier alpha value is -3.83. The van der Waals surface area contributed by atoms with Crippen molar-refractivity contribution in [3.63, 3.8) is 0 Å². The molecule has 11 heteroatoms. The standard InChI is InChI=1S/C30H33BrN8O2/c1-18-13-22(5-7-25(18)31)28(40)37-17-26-24(15-20(37)3)29(41)38(30(34-26)39-21(4)14-19(2)35-39)23-6-8-27(33-16-23)36-11-9-32-10-12-36/h5-8,13-14,16,20,32H,9-12,15,17H2,1-4H3/t20-/m1/s1. The highest BCUT2D eigenvalue weighted by Gasteiger charge is 2.32. The molecule has 0 unspecified atom stereocenters. The number of carbonyl (C=O) groups excluding carboxylic acids is 1. The van der Waals surface area contributed by atoms with Crippen molar-refractivity contribution < 1.29 is 4.79 Å². The van der Waals surface area contributed by atoms with Crippen molar-refractivity contribution in [1.82, 2.24) is 34.5 Å². The summed E-state index contributed by atoms with van der Waals surface area (Å²) in [6.07, 6.45) is 2.14. The van der Waals surface area contributed by atoms with Gasteiger partial charge in [-0.2, -0.15) is 5.10 Å². The summed E-state index contributed by atoms with van der Waals surface area (Å²) >= 11 is 3.51. The third-order valence-corrected chi connectivity index (χ3v) is 8.78. The number of aryl methyl sites for hydroxylation is 3. The summed E-state index contributed by atoms with van der Waals surface area (Å²) in [7, 11) is 0. The van der Waals surface area contributed by atoms with Gasteiger partial charge in [-0.3, -0.25) is 9.59 Å². The van der Waals surface area contributed by atoms with Crippen molar-refractivity contribution in [2.24, 2.45) is 0 Å². The third-order valence-electron chi connectivity index (χ3n) is 7.89. The van der Waals surface area contributed by atoms with Crippen LogP contribution in [0.3, 0.4) is 0 Å². The lowest BCUT2D eigenvalue weighted by molar-refractivity contribution is 0.0652. The molecule has 3 aromatic heterocycles. The molecule has 1 N–H and O–H groups in total. The van der Waals surface area contributed by atoms with Crippen molar-refractivity contribution in [3.05, 3.63) is 91.2 Å². The molecule has 212 valence electrons. The van der Waals surface area contributed by atoms with E-state index >= 15 is 0 Å². The summed E-state index contributed by atoms with van der Waals surface area (Å²) in [6.45, 7) is 11.6. The Labute approximate surface area is 247 Å². The Morgan fingerprint density at radius 1 is 1.07 bits per heavy atom. The number of fused-ring (bicyclic) bond motifs is 1. The van der Waals surface area contributed by atoms with Gasteiger partial charge in [0.25, 0.3) is 11.5 Å². The molecule has 6 rings (SSSR count). The number of halogens is 1. The molecular weight excluding hydrogens is 584 g/mol. The number of pyridine rings is 1. The molecular formula is C30H33BrN8O2. The summed E-state index contributed by atoms with van der Waals surface area (Å²) in [5.74, 6) is 1.19. The third kappa shape index (κ3) is 5.08. The molecule has 1 amide bonds. The number of amides is 1. The molecule has 1 fully saturated rings. The summed E-state index contributed by atoms with van der Waals surface area (Å²) in [6, 6.07) is 11.3. The molecule has 41 heavy (non-hydrogen) atoms. The Balaban J connectivity index is 1.43. The first-order valence-electron chi connectivity index (χ1n) is 13.9. The van der Waals surface area contributed by atoms with E-state index in [4.69, 9.17) is 9.97 Å². The van der Waals surface area contributed by atoms with Gasteiger partial charge >= 0.3 is 0 Å². The van der Waals surface area contributed by atoms with Gasteiger partial charge in [-0.1, -0.05) is 15.9 Å². The van der Waals surface area contributed by atoms with Gasteiger partial charge in [-0.15, -0.1) is 0 Å². The van der Waals surface area contributed by atoms with Crippen molar-refractivity contribution in [1.29, 1.82) is 0 Å². The largest absolute Gasteiger partial charge is 0.354 e. The smallest absolute Gasteiger partial charge is 0.263 e. The molecule has 0 saturated carbocycles. The van der Waals surface area contributed by atoms with Crippen LogP contribution in [0, 0.1) is 20.8 Å². The van der Waals surface area contributed by atoms with E-state index in [0.29, 0.717) is 34.9 Å². The van der Waals surface area contributed by atoms with Gasteiger partial charge in [0.15, 0.2) is 0 Å². The van der Waals surface area contributed by atoms with E-state index in [1.807, 2.05) is 64.1 Å². The van der Waals surface area contributed by atoms with Crippen molar-refractivity contribution in [3.8, 4) is 11.6 Å². The number of aromatic nitrogens is 5. The Morgan fingerprint density at radius 3 is 2.51 bits per heavy atom. The van der Waals surface area contributed by atoms with Gasteiger partial charge in [0.05, 0.1) is 29.8 Å². The summed E-state index contributed by atoms with van der Waals surface area (Å²) in [4.78, 5) is 41.6. The van der Waals surface area contributed by atoms with Crippen LogP contribution >= 0.6 is 15.9 Å². The van der Waals surface area contributed by atoms with E-state index in [2.05, 4.69) is 31.2 Å². The highest BCUT2D eigenvalue weighted by atomic mass is 79.9. The number of hydrogen-bond donors (Lipinski definition) is 1. The van der Waals surface area contributed by atoms with E-state index in [1.54, 1.807) is 20.3 Å². The minimum absolute atomic E-state index is 0.0786. The minimum Gasteiger partial charge on any atom is -0.354 e. The highest BCUT2D eigenvalue weighted by Crippen LogP contribution is 2.26. The predicted molar refractivity (Wildman–Crippen MR) is 161 cm³/mol. The van der Waals surface area contributed by atoms with Gasteiger partial charge in [-0.25, -0.2) is 19.2 Å². The number of hydrogen-bond acceptors (Lipinski definition) is 7. The maximum absolute atomic E-state index is 14.2. The number of piperazine rings is 1. The van der Waals surface area contributed by atoms with Gasteiger partial charge in [0.2, 0.25) is 5.95 Å². The quantitative estimate of drug-likeness (QED) is 0.374. The average Bonchev–Trinajstić information content (AvgIpc) is 3.32. The molecule has 1 atom stereocenters. The topological polar surface area (TPSA) is 101 Å². The molecule has 5 heterocycles. The van der Waals surface area contributed by atoms with E-state index in [9.17, 15) is 9.59 Å². The van der Waals surface area contributed by atoms with E-state index in [0.717, 1.165) is 53.4 Å². The summed E-state index contributed by atoms with van der Waals surface area (Å²) < 4.78 is 4.26. The Bertz CT molecular complexity index is 1690. The van der Waals surface area contributed by atoms with Crippen LogP contribution in [0.25, 0.3) is 11.6 Å². The molecule has 0 radical (unpaired) electrons. The van der Waals surface area contributed by atoms with Crippen LogP contribution in [0.4, 0.5) is 5.82 Å². The van der Waals surface area contributed by atoms with Crippen LogP contribution in [-0.4, -0.2) is 67.3 Å². The highest BCUT2D eigenvalue weighted by molar-refractivity contribution is 9.10. The zero-order valence-corrected chi connectivity index (χ0v) is 25.3.